The van der Waals surface area contributed by atoms with E-state index in [0.29, 0.717) is 48.2 Å². The van der Waals surface area contributed by atoms with Gasteiger partial charge in [-0.3, -0.25) is 4.79 Å². The summed E-state index contributed by atoms with van der Waals surface area (Å²) in [4.78, 5) is 12.4. The molecule has 0 spiro atoms. The molecule has 5 rings (SSSR count). The molecule has 1 aliphatic carbocycles. The van der Waals surface area contributed by atoms with Crippen molar-refractivity contribution in [3.8, 4) is 39.9 Å². The van der Waals surface area contributed by atoms with E-state index in [2.05, 4.69) is 0 Å². The SMILES string of the molecule is COc1cc2c(c(OC)c1OC)-c1cc3c(cc1C[C@H]1C(=O)OC[C@@H]1C2)OCO3. The van der Waals surface area contributed by atoms with Crippen LogP contribution >= 0.6 is 0 Å². The maximum atomic E-state index is 12.4. The molecule has 2 aromatic rings. The molecule has 0 saturated carbocycles. The predicted molar refractivity (Wildman–Crippen MR) is 103 cm³/mol. The highest BCUT2D eigenvalue weighted by Crippen LogP contribution is 2.52. The summed E-state index contributed by atoms with van der Waals surface area (Å²) in [6.45, 7) is 0.599. The van der Waals surface area contributed by atoms with Crippen LogP contribution < -0.4 is 23.7 Å². The van der Waals surface area contributed by atoms with Crippen LogP contribution in [-0.4, -0.2) is 40.7 Å². The summed E-state index contributed by atoms with van der Waals surface area (Å²) in [5.41, 5.74) is 3.89. The van der Waals surface area contributed by atoms with Crippen LogP contribution in [0.5, 0.6) is 28.7 Å². The first-order valence-corrected chi connectivity index (χ1v) is 9.56. The van der Waals surface area contributed by atoms with Gasteiger partial charge in [-0.05, 0) is 47.7 Å². The largest absolute Gasteiger partial charge is 0.493 e. The maximum absolute atomic E-state index is 12.4. The molecule has 29 heavy (non-hydrogen) atoms. The molecule has 0 aromatic heterocycles. The van der Waals surface area contributed by atoms with Gasteiger partial charge in [-0.1, -0.05) is 0 Å². The number of cyclic esters (lactones) is 1. The first kappa shape index (κ1) is 18.0. The molecule has 2 atom stereocenters. The molecule has 1 fully saturated rings. The fourth-order valence-corrected chi connectivity index (χ4v) is 4.62. The van der Waals surface area contributed by atoms with Crippen LogP contribution in [0.4, 0.5) is 0 Å². The lowest BCUT2D eigenvalue weighted by Crippen LogP contribution is -2.23. The Bertz CT molecular complexity index is 997. The normalized spacial score (nSPS) is 21.3. The van der Waals surface area contributed by atoms with Crippen LogP contribution in [0.15, 0.2) is 18.2 Å². The van der Waals surface area contributed by atoms with Crippen LogP contribution in [0.3, 0.4) is 0 Å². The van der Waals surface area contributed by atoms with Gasteiger partial charge in [0.2, 0.25) is 12.5 Å². The van der Waals surface area contributed by atoms with Crippen molar-refractivity contribution in [2.75, 3.05) is 34.7 Å². The van der Waals surface area contributed by atoms with Gasteiger partial charge in [-0.2, -0.15) is 0 Å². The lowest BCUT2D eigenvalue weighted by Gasteiger charge is -2.27. The number of ether oxygens (including phenoxy) is 6. The fourth-order valence-electron chi connectivity index (χ4n) is 4.62. The second-order valence-electron chi connectivity index (χ2n) is 7.45. The zero-order valence-electron chi connectivity index (χ0n) is 16.6. The molecule has 0 radical (unpaired) electrons. The van der Waals surface area contributed by atoms with Gasteiger partial charge < -0.3 is 28.4 Å². The van der Waals surface area contributed by atoms with E-state index in [1.807, 2.05) is 18.2 Å². The zero-order chi connectivity index (χ0) is 20.1. The maximum Gasteiger partial charge on any atom is 0.309 e. The topological polar surface area (TPSA) is 72.5 Å². The molecule has 152 valence electrons. The van der Waals surface area contributed by atoms with E-state index in [1.54, 1.807) is 21.3 Å². The van der Waals surface area contributed by atoms with Crippen molar-refractivity contribution in [1.82, 2.24) is 0 Å². The lowest BCUT2D eigenvalue weighted by atomic mass is 9.77. The minimum Gasteiger partial charge on any atom is -0.493 e. The summed E-state index contributed by atoms with van der Waals surface area (Å²) in [6.07, 6.45) is 1.25. The van der Waals surface area contributed by atoms with Gasteiger partial charge in [-0.15, -0.1) is 0 Å². The third-order valence-corrected chi connectivity index (χ3v) is 6.01. The summed E-state index contributed by atoms with van der Waals surface area (Å²) in [6, 6.07) is 5.90. The fraction of sp³-hybridized carbons (Fsp3) is 0.409. The molecule has 2 aromatic carbocycles. The van der Waals surface area contributed by atoms with Crippen LogP contribution in [0.25, 0.3) is 11.1 Å². The number of rotatable bonds is 3. The smallest absolute Gasteiger partial charge is 0.309 e. The van der Waals surface area contributed by atoms with E-state index >= 15 is 0 Å². The second kappa shape index (κ2) is 6.76. The average Bonchev–Trinajstić information content (AvgIpc) is 3.32. The van der Waals surface area contributed by atoms with E-state index in [9.17, 15) is 4.79 Å². The van der Waals surface area contributed by atoms with Crippen molar-refractivity contribution in [1.29, 1.82) is 0 Å². The summed E-state index contributed by atoms with van der Waals surface area (Å²) < 4.78 is 33.6. The molecule has 3 aliphatic rings. The Kier molecular flexibility index (Phi) is 4.19. The first-order valence-electron chi connectivity index (χ1n) is 9.56. The van der Waals surface area contributed by atoms with Gasteiger partial charge in [0.05, 0.1) is 33.9 Å². The Morgan fingerprint density at radius 2 is 1.62 bits per heavy atom. The molecule has 2 aliphatic heterocycles. The quantitative estimate of drug-likeness (QED) is 0.736. The summed E-state index contributed by atoms with van der Waals surface area (Å²) in [5.74, 6) is 2.84. The number of methoxy groups -OCH3 is 3. The minimum absolute atomic E-state index is 0.0858. The summed E-state index contributed by atoms with van der Waals surface area (Å²) >= 11 is 0. The van der Waals surface area contributed by atoms with E-state index < -0.39 is 0 Å². The van der Waals surface area contributed by atoms with Gasteiger partial charge >= 0.3 is 5.97 Å². The van der Waals surface area contributed by atoms with Crippen molar-refractivity contribution >= 4 is 5.97 Å². The molecule has 2 heterocycles. The highest BCUT2D eigenvalue weighted by atomic mass is 16.7. The Hall–Kier alpha value is -3.09. The number of benzene rings is 2. The first-order chi connectivity index (χ1) is 14.1. The molecule has 0 N–H and O–H groups in total. The van der Waals surface area contributed by atoms with Gasteiger partial charge in [0.25, 0.3) is 0 Å². The molecule has 0 amide bonds. The van der Waals surface area contributed by atoms with Crippen molar-refractivity contribution in [3.63, 3.8) is 0 Å². The Labute approximate surface area is 168 Å². The Morgan fingerprint density at radius 3 is 2.34 bits per heavy atom. The highest BCUT2D eigenvalue weighted by molar-refractivity contribution is 5.85. The van der Waals surface area contributed by atoms with Crippen LogP contribution in [0.2, 0.25) is 0 Å². The van der Waals surface area contributed by atoms with E-state index in [0.717, 1.165) is 22.3 Å². The number of esters is 1. The van der Waals surface area contributed by atoms with Crippen molar-refractivity contribution in [3.05, 3.63) is 29.3 Å². The van der Waals surface area contributed by atoms with Crippen LogP contribution in [0.1, 0.15) is 11.1 Å². The third-order valence-electron chi connectivity index (χ3n) is 6.01. The van der Waals surface area contributed by atoms with Crippen LogP contribution in [0, 0.1) is 11.8 Å². The van der Waals surface area contributed by atoms with E-state index in [-0.39, 0.29) is 24.6 Å². The molecule has 1 saturated heterocycles. The van der Waals surface area contributed by atoms with E-state index in [1.165, 1.54) is 0 Å². The van der Waals surface area contributed by atoms with Gasteiger partial charge in [-0.25, -0.2) is 0 Å². The van der Waals surface area contributed by atoms with E-state index in [4.69, 9.17) is 28.4 Å². The molecule has 0 unspecified atom stereocenters. The zero-order valence-corrected chi connectivity index (χ0v) is 16.6. The summed E-state index contributed by atoms with van der Waals surface area (Å²) in [7, 11) is 4.81. The van der Waals surface area contributed by atoms with Crippen LogP contribution in [-0.2, 0) is 22.4 Å². The number of carbonyl (C=O) groups excluding carboxylic acids is 1. The number of carbonyl (C=O) groups is 1. The molecular formula is C22H22O7. The molecular weight excluding hydrogens is 376 g/mol. The predicted octanol–water partition coefficient (Wildman–Crippen LogP) is 3.00. The Balaban J connectivity index is 1.81. The minimum atomic E-state index is -0.193. The standard InChI is InChI=1S/C22H22O7/c1-24-18-7-12-4-13-9-27-22(23)15(13)5-11-6-16-17(29-10-28-16)8-14(11)19(12)21(26-3)20(18)25-2/h6-8,13,15H,4-5,9-10H2,1-3H3/t13-,15+/m0/s1. The molecule has 0 bridgehead atoms. The second-order valence-corrected chi connectivity index (χ2v) is 7.45. The van der Waals surface area contributed by atoms with Crippen molar-refractivity contribution in [2.45, 2.75) is 12.8 Å². The van der Waals surface area contributed by atoms with Crippen molar-refractivity contribution in [2.24, 2.45) is 11.8 Å². The summed E-state index contributed by atoms with van der Waals surface area (Å²) in [5, 5.41) is 0. The number of hydrogen-bond acceptors (Lipinski definition) is 7. The average molecular weight is 398 g/mol. The molecule has 7 heteroatoms. The lowest BCUT2D eigenvalue weighted by molar-refractivity contribution is -0.141. The number of hydrogen-bond donors (Lipinski definition) is 0. The van der Waals surface area contributed by atoms with Crippen molar-refractivity contribution < 1.29 is 33.2 Å². The monoisotopic (exact) mass is 398 g/mol. The third kappa shape index (κ3) is 2.68. The Morgan fingerprint density at radius 1 is 0.862 bits per heavy atom. The number of fused-ring (bicyclic) bond motifs is 5. The molecule has 7 nitrogen and oxygen atoms in total. The van der Waals surface area contributed by atoms with Gasteiger partial charge in [0, 0.05) is 11.5 Å². The van der Waals surface area contributed by atoms with Gasteiger partial charge in [0.15, 0.2) is 23.0 Å². The highest BCUT2D eigenvalue weighted by Gasteiger charge is 2.40. The van der Waals surface area contributed by atoms with Gasteiger partial charge in [0.1, 0.15) is 0 Å².